The van der Waals surface area contributed by atoms with E-state index in [0.717, 1.165) is 42.5 Å². The first-order chi connectivity index (χ1) is 15.7. The highest BCUT2D eigenvalue weighted by Gasteiger charge is 2.34. The fourth-order valence-corrected chi connectivity index (χ4v) is 4.30. The van der Waals surface area contributed by atoms with Crippen molar-refractivity contribution in [2.75, 3.05) is 26.9 Å². The topological polar surface area (TPSA) is 92.8 Å². The van der Waals surface area contributed by atoms with E-state index in [1.165, 1.54) is 6.07 Å². The van der Waals surface area contributed by atoms with Gasteiger partial charge in [0.1, 0.15) is 5.56 Å². The Morgan fingerprint density at radius 1 is 1.15 bits per heavy atom. The lowest BCUT2D eigenvalue weighted by atomic mass is 9.78. The van der Waals surface area contributed by atoms with Crippen LogP contribution in [0.4, 0.5) is 0 Å². The summed E-state index contributed by atoms with van der Waals surface area (Å²) in [5.74, 6) is 0.734. The molecule has 7 nitrogen and oxygen atoms in total. The van der Waals surface area contributed by atoms with Gasteiger partial charge in [-0.15, -0.1) is 0 Å². The summed E-state index contributed by atoms with van der Waals surface area (Å²) in [5, 5.41) is 0. The number of fused-ring (bicyclic) bond motifs is 3. The fourth-order valence-electron chi connectivity index (χ4n) is 4.30. The van der Waals surface area contributed by atoms with Crippen LogP contribution in [0.15, 0.2) is 29.2 Å². The third-order valence-corrected chi connectivity index (χ3v) is 6.10. The lowest BCUT2D eigenvalue weighted by Gasteiger charge is -2.39. The first-order valence-electron chi connectivity index (χ1n) is 11.7. The molecule has 0 fully saturated rings. The molecule has 0 bridgehead atoms. The van der Waals surface area contributed by atoms with Crippen molar-refractivity contribution in [3.8, 4) is 22.8 Å². The van der Waals surface area contributed by atoms with Crippen LogP contribution >= 0.6 is 0 Å². The van der Waals surface area contributed by atoms with Gasteiger partial charge in [0.05, 0.1) is 26.0 Å². The summed E-state index contributed by atoms with van der Waals surface area (Å²) in [7, 11) is 1.61. The molecule has 0 radical (unpaired) electrons. The number of methoxy groups -OCH3 is 1. The molecule has 0 amide bonds. The van der Waals surface area contributed by atoms with Crippen LogP contribution in [0.5, 0.6) is 11.5 Å². The molecule has 0 saturated carbocycles. The van der Waals surface area contributed by atoms with E-state index < -0.39 is 5.97 Å². The molecule has 2 aromatic rings. The summed E-state index contributed by atoms with van der Waals surface area (Å²) < 4.78 is 18.8. The third kappa shape index (κ3) is 5.41. The van der Waals surface area contributed by atoms with Crippen LogP contribution in [0.25, 0.3) is 11.3 Å². The average Bonchev–Trinajstić information content (AvgIpc) is 2.77. The van der Waals surface area contributed by atoms with Gasteiger partial charge in [-0.25, -0.2) is 4.79 Å². The zero-order valence-electron chi connectivity index (χ0n) is 20.4. The molecule has 2 heterocycles. The van der Waals surface area contributed by atoms with Gasteiger partial charge in [-0.2, -0.15) is 0 Å². The molecule has 1 aromatic carbocycles. The number of nitrogens with zero attached hydrogens (tertiary/aromatic N) is 1. The Morgan fingerprint density at radius 2 is 1.91 bits per heavy atom. The van der Waals surface area contributed by atoms with Gasteiger partial charge < -0.3 is 24.5 Å². The Kier molecular flexibility index (Phi) is 7.84. The van der Waals surface area contributed by atoms with Crippen molar-refractivity contribution >= 4 is 5.97 Å². The standard InChI is InChI=1S/C26H36N2O5/c1-6-32-25(30)19-16-28-20(15-21(19)29)18-14-22(31-5)23(33-11-9-7-8-10-27)12-17(18)13-24(28)26(2,3)4/h12,14-16,24H,6-11,13,27H2,1-5H3. The number of aromatic nitrogens is 1. The Bertz CT molecular complexity index is 1050. The summed E-state index contributed by atoms with van der Waals surface area (Å²) in [6.07, 6.45) is 5.33. The largest absolute Gasteiger partial charge is 0.493 e. The SMILES string of the molecule is CCOC(=O)c1cn2c(cc1=O)-c1cc(OC)c(OCCCCCN)cc1CC2C(C)(C)C. The maximum atomic E-state index is 12.8. The summed E-state index contributed by atoms with van der Waals surface area (Å²) in [4.78, 5) is 25.2. The molecule has 180 valence electrons. The second-order valence-corrected chi connectivity index (χ2v) is 9.51. The number of unbranched alkanes of at least 4 members (excludes halogenated alkanes) is 2. The van der Waals surface area contributed by atoms with Gasteiger partial charge in [0.2, 0.25) is 0 Å². The number of benzene rings is 1. The Labute approximate surface area is 195 Å². The number of hydrogen-bond acceptors (Lipinski definition) is 6. The van der Waals surface area contributed by atoms with Crippen LogP contribution < -0.4 is 20.6 Å². The van der Waals surface area contributed by atoms with E-state index >= 15 is 0 Å². The van der Waals surface area contributed by atoms with Crippen LogP contribution in [0.1, 0.15) is 68.9 Å². The zero-order chi connectivity index (χ0) is 24.2. The van der Waals surface area contributed by atoms with Gasteiger partial charge in [-0.3, -0.25) is 4.79 Å². The molecule has 0 saturated heterocycles. The number of rotatable bonds is 9. The monoisotopic (exact) mass is 456 g/mol. The number of nitrogens with two attached hydrogens (primary N) is 1. The molecule has 0 spiro atoms. The Hall–Kier alpha value is -2.80. The molecule has 33 heavy (non-hydrogen) atoms. The van der Waals surface area contributed by atoms with Crippen LogP contribution in [0.3, 0.4) is 0 Å². The number of carbonyl (C=O) groups excluding carboxylic acids is 1. The predicted molar refractivity (Wildman–Crippen MR) is 129 cm³/mol. The molecular formula is C26H36N2O5. The van der Waals surface area contributed by atoms with Crippen molar-refractivity contribution in [3.05, 3.63) is 45.7 Å². The molecule has 3 rings (SSSR count). The van der Waals surface area contributed by atoms with E-state index in [1.54, 1.807) is 20.2 Å². The maximum absolute atomic E-state index is 12.8. The Balaban J connectivity index is 2.07. The van der Waals surface area contributed by atoms with Crippen molar-refractivity contribution < 1.29 is 19.0 Å². The van der Waals surface area contributed by atoms with Crippen LogP contribution in [0.2, 0.25) is 0 Å². The van der Waals surface area contributed by atoms with Crippen LogP contribution in [-0.4, -0.2) is 37.4 Å². The van der Waals surface area contributed by atoms with Gasteiger partial charge in [0.15, 0.2) is 16.9 Å². The van der Waals surface area contributed by atoms with E-state index in [-0.39, 0.29) is 29.1 Å². The van der Waals surface area contributed by atoms with Crippen LogP contribution in [0, 0.1) is 5.41 Å². The summed E-state index contributed by atoms with van der Waals surface area (Å²) in [6.45, 7) is 9.71. The lowest BCUT2D eigenvalue weighted by molar-refractivity contribution is 0.0523. The molecule has 2 N–H and O–H groups in total. The number of ether oxygens (including phenoxy) is 3. The number of esters is 1. The first kappa shape index (κ1) is 24.8. The van der Waals surface area contributed by atoms with Crippen molar-refractivity contribution in [2.45, 2.75) is 59.4 Å². The number of carbonyl (C=O) groups is 1. The van der Waals surface area contributed by atoms with Crippen molar-refractivity contribution in [3.63, 3.8) is 0 Å². The van der Waals surface area contributed by atoms with Gasteiger partial charge in [0.25, 0.3) is 0 Å². The minimum Gasteiger partial charge on any atom is -0.493 e. The average molecular weight is 457 g/mol. The quantitative estimate of drug-likeness (QED) is 0.445. The van der Waals surface area contributed by atoms with Crippen molar-refractivity contribution in [1.82, 2.24) is 4.57 Å². The van der Waals surface area contributed by atoms with E-state index in [2.05, 4.69) is 20.8 Å². The maximum Gasteiger partial charge on any atom is 0.343 e. The molecule has 7 heteroatoms. The number of hydrogen-bond donors (Lipinski definition) is 1. The van der Waals surface area contributed by atoms with Gasteiger partial charge in [-0.1, -0.05) is 20.8 Å². The molecule has 1 aromatic heterocycles. The summed E-state index contributed by atoms with van der Waals surface area (Å²) >= 11 is 0. The highest BCUT2D eigenvalue weighted by atomic mass is 16.5. The molecule has 0 aliphatic carbocycles. The van der Waals surface area contributed by atoms with E-state index in [1.807, 2.05) is 16.7 Å². The second-order valence-electron chi connectivity index (χ2n) is 9.51. The molecular weight excluding hydrogens is 420 g/mol. The lowest BCUT2D eigenvalue weighted by Crippen LogP contribution is -2.33. The van der Waals surface area contributed by atoms with Gasteiger partial charge in [0, 0.05) is 23.9 Å². The van der Waals surface area contributed by atoms with Gasteiger partial charge >= 0.3 is 5.97 Å². The van der Waals surface area contributed by atoms with Crippen molar-refractivity contribution in [2.24, 2.45) is 11.1 Å². The van der Waals surface area contributed by atoms with E-state index in [4.69, 9.17) is 19.9 Å². The third-order valence-electron chi connectivity index (χ3n) is 6.10. The van der Waals surface area contributed by atoms with E-state index in [0.29, 0.717) is 24.7 Å². The fraction of sp³-hybridized carbons (Fsp3) is 0.538. The smallest absolute Gasteiger partial charge is 0.343 e. The molecule has 1 aliphatic heterocycles. The summed E-state index contributed by atoms with van der Waals surface area (Å²) in [6, 6.07) is 5.54. The molecule has 1 unspecified atom stereocenters. The van der Waals surface area contributed by atoms with Gasteiger partial charge in [-0.05, 0) is 62.3 Å². The Morgan fingerprint density at radius 3 is 2.55 bits per heavy atom. The highest BCUT2D eigenvalue weighted by Crippen LogP contribution is 2.45. The first-order valence-corrected chi connectivity index (χ1v) is 11.7. The molecule has 1 aliphatic rings. The second kappa shape index (κ2) is 10.4. The number of pyridine rings is 1. The predicted octanol–water partition coefficient (Wildman–Crippen LogP) is 4.35. The zero-order valence-corrected chi connectivity index (χ0v) is 20.4. The normalized spacial score (nSPS) is 14.9. The highest BCUT2D eigenvalue weighted by molar-refractivity contribution is 5.89. The summed E-state index contributed by atoms with van der Waals surface area (Å²) in [5.41, 5.74) is 7.94. The van der Waals surface area contributed by atoms with Crippen LogP contribution in [-0.2, 0) is 11.2 Å². The minimum atomic E-state index is -0.591. The van der Waals surface area contributed by atoms with E-state index in [9.17, 15) is 9.59 Å². The van der Waals surface area contributed by atoms with Crippen molar-refractivity contribution in [1.29, 1.82) is 0 Å². The molecule has 1 atom stereocenters. The minimum absolute atomic E-state index is 0.0413.